The van der Waals surface area contributed by atoms with E-state index in [-0.39, 0.29) is 5.92 Å². The molecule has 1 saturated carbocycles. The third kappa shape index (κ3) is 2.00. The SMILES string of the molecule is NC[C@@H](c1ccccc1Br)C1(C(=O)O)CCC1. The summed E-state index contributed by atoms with van der Waals surface area (Å²) >= 11 is 3.48. The lowest BCUT2D eigenvalue weighted by Crippen LogP contribution is -2.46. The molecule has 4 heteroatoms. The summed E-state index contributed by atoms with van der Waals surface area (Å²) in [5.74, 6) is -0.820. The number of hydrogen-bond donors (Lipinski definition) is 2. The molecule has 92 valence electrons. The van der Waals surface area contributed by atoms with Crippen molar-refractivity contribution < 1.29 is 9.90 Å². The molecule has 1 aliphatic carbocycles. The quantitative estimate of drug-likeness (QED) is 0.898. The molecule has 0 aromatic heterocycles. The average molecular weight is 298 g/mol. The maximum atomic E-state index is 11.5. The standard InChI is InChI=1S/C13H16BrNO2/c14-11-5-2-1-4-9(11)10(8-15)13(12(16)17)6-3-7-13/h1-2,4-5,10H,3,6-8,15H2,(H,16,17)/t10-/m0/s1. The van der Waals surface area contributed by atoms with Crippen LogP contribution in [0.2, 0.25) is 0 Å². The van der Waals surface area contributed by atoms with Crippen LogP contribution in [-0.2, 0) is 4.79 Å². The zero-order valence-corrected chi connectivity index (χ0v) is 11.1. The van der Waals surface area contributed by atoms with Gasteiger partial charge in [0.25, 0.3) is 0 Å². The molecular formula is C13H16BrNO2. The Hall–Kier alpha value is -0.870. The highest BCUT2D eigenvalue weighted by molar-refractivity contribution is 9.10. The Morgan fingerprint density at radius 3 is 2.53 bits per heavy atom. The summed E-state index contributed by atoms with van der Waals surface area (Å²) < 4.78 is 0.947. The number of aliphatic carboxylic acids is 1. The van der Waals surface area contributed by atoms with Crippen LogP contribution in [0.3, 0.4) is 0 Å². The minimum atomic E-state index is -0.713. The Morgan fingerprint density at radius 1 is 1.47 bits per heavy atom. The fourth-order valence-electron chi connectivity index (χ4n) is 2.68. The molecule has 0 bridgehead atoms. The molecule has 1 atom stereocenters. The Balaban J connectivity index is 2.40. The molecule has 17 heavy (non-hydrogen) atoms. The van der Waals surface area contributed by atoms with Gasteiger partial charge in [-0.05, 0) is 24.5 Å². The van der Waals surface area contributed by atoms with Crippen molar-refractivity contribution in [3.05, 3.63) is 34.3 Å². The Bertz CT molecular complexity index is 429. The van der Waals surface area contributed by atoms with E-state index in [4.69, 9.17) is 5.73 Å². The van der Waals surface area contributed by atoms with Gasteiger partial charge in [-0.25, -0.2) is 0 Å². The van der Waals surface area contributed by atoms with Crippen LogP contribution in [-0.4, -0.2) is 17.6 Å². The minimum Gasteiger partial charge on any atom is -0.481 e. The molecule has 0 unspecified atom stereocenters. The lowest BCUT2D eigenvalue weighted by Gasteiger charge is -2.44. The van der Waals surface area contributed by atoms with E-state index in [1.807, 2.05) is 24.3 Å². The number of carboxylic acids is 1. The molecule has 0 saturated heterocycles. The van der Waals surface area contributed by atoms with Crippen molar-refractivity contribution >= 4 is 21.9 Å². The molecule has 1 aliphatic rings. The van der Waals surface area contributed by atoms with Crippen molar-refractivity contribution in [3.63, 3.8) is 0 Å². The third-order valence-electron chi connectivity index (χ3n) is 3.86. The highest BCUT2D eigenvalue weighted by Gasteiger charge is 2.50. The van der Waals surface area contributed by atoms with E-state index in [0.29, 0.717) is 6.54 Å². The van der Waals surface area contributed by atoms with Gasteiger partial charge in [0.05, 0.1) is 5.41 Å². The number of nitrogens with two attached hydrogens (primary N) is 1. The van der Waals surface area contributed by atoms with Crippen LogP contribution in [0.15, 0.2) is 28.7 Å². The molecule has 1 aromatic rings. The molecule has 0 heterocycles. The van der Waals surface area contributed by atoms with Gasteiger partial charge in [0.15, 0.2) is 0 Å². The Kier molecular flexibility index (Phi) is 3.54. The van der Waals surface area contributed by atoms with Crippen LogP contribution >= 0.6 is 15.9 Å². The van der Waals surface area contributed by atoms with Crippen LogP contribution < -0.4 is 5.73 Å². The van der Waals surface area contributed by atoms with E-state index in [1.165, 1.54) is 0 Å². The summed E-state index contributed by atoms with van der Waals surface area (Å²) in [4.78, 5) is 11.5. The number of carbonyl (C=O) groups is 1. The summed E-state index contributed by atoms with van der Waals surface area (Å²) in [6.07, 6.45) is 2.43. The Labute approximate surface area is 109 Å². The van der Waals surface area contributed by atoms with Gasteiger partial charge in [0, 0.05) is 16.9 Å². The fourth-order valence-corrected chi connectivity index (χ4v) is 3.24. The second kappa shape index (κ2) is 4.78. The van der Waals surface area contributed by atoms with Crippen molar-refractivity contribution in [2.24, 2.45) is 11.1 Å². The molecule has 3 N–H and O–H groups in total. The number of halogens is 1. The van der Waals surface area contributed by atoms with E-state index in [9.17, 15) is 9.90 Å². The van der Waals surface area contributed by atoms with Crippen molar-refractivity contribution in [3.8, 4) is 0 Å². The van der Waals surface area contributed by atoms with Gasteiger partial charge in [-0.2, -0.15) is 0 Å². The molecule has 2 rings (SSSR count). The maximum Gasteiger partial charge on any atom is 0.310 e. The zero-order valence-electron chi connectivity index (χ0n) is 9.53. The summed E-state index contributed by atoms with van der Waals surface area (Å²) in [6.45, 7) is 0.370. The summed E-state index contributed by atoms with van der Waals surface area (Å²) in [6, 6.07) is 7.75. The fraction of sp³-hybridized carbons (Fsp3) is 0.462. The van der Waals surface area contributed by atoms with Gasteiger partial charge < -0.3 is 10.8 Å². The van der Waals surface area contributed by atoms with Crippen molar-refractivity contribution in [2.75, 3.05) is 6.54 Å². The van der Waals surface area contributed by atoms with E-state index < -0.39 is 11.4 Å². The molecule has 0 radical (unpaired) electrons. The Morgan fingerprint density at radius 2 is 2.12 bits per heavy atom. The van der Waals surface area contributed by atoms with E-state index in [2.05, 4.69) is 15.9 Å². The summed E-state index contributed by atoms with van der Waals surface area (Å²) in [5, 5.41) is 9.47. The first-order valence-electron chi connectivity index (χ1n) is 5.80. The number of rotatable bonds is 4. The molecule has 1 fully saturated rings. The van der Waals surface area contributed by atoms with E-state index >= 15 is 0 Å². The smallest absolute Gasteiger partial charge is 0.310 e. The van der Waals surface area contributed by atoms with Crippen molar-refractivity contribution in [1.29, 1.82) is 0 Å². The second-order valence-electron chi connectivity index (χ2n) is 4.62. The van der Waals surface area contributed by atoms with Gasteiger partial charge in [0.2, 0.25) is 0 Å². The average Bonchev–Trinajstić information content (AvgIpc) is 2.24. The first-order chi connectivity index (χ1) is 8.12. The van der Waals surface area contributed by atoms with Crippen LogP contribution in [0.1, 0.15) is 30.7 Å². The van der Waals surface area contributed by atoms with Crippen LogP contribution in [0, 0.1) is 5.41 Å². The summed E-state index contributed by atoms with van der Waals surface area (Å²) in [5.41, 5.74) is 6.18. The number of carboxylic acid groups (broad SMARTS) is 1. The molecule has 1 aromatic carbocycles. The van der Waals surface area contributed by atoms with Crippen LogP contribution in [0.25, 0.3) is 0 Å². The topological polar surface area (TPSA) is 63.3 Å². The monoisotopic (exact) mass is 297 g/mol. The summed E-state index contributed by atoms with van der Waals surface area (Å²) in [7, 11) is 0. The van der Waals surface area contributed by atoms with Crippen molar-refractivity contribution in [2.45, 2.75) is 25.2 Å². The van der Waals surface area contributed by atoms with E-state index in [0.717, 1.165) is 29.3 Å². The predicted molar refractivity (Wildman–Crippen MR) is 69.9 cm³/mol. The first kappa shape index (κ1) is 12.6. The minimum absolute atomic E-state index is 0.107. The molecule has 0 spiro atoms. The van der Waals surface area contributed by atoms with Crippen LogP contribution in [0.4, 0.5) is 0 Å². The third-order valence-corrected chi connectivity index (χ3v) is 4.58. The van der Waals surface area contributed by atoms with Gasteiger partial charge in [-0.15, -0.1) is 0 Å². The van der Waals surface area contributed by atoms with Crippen molar-refractivity contribution in [1.82, 2.24) is 0 Å². The highest BCUT2D eigenvalue weighted by Crippen LogP contribution is 2.52. The maximum absolute atomic E-state index is 11.5. The molecular weight excluding hydrogens is 282 g/mol. The zero-order chi connectivity index (χ0) is 12.5. The number of benzene rings is 1. The highest BCUT2D eigenvalue weighted by atomic mass is 79.9. The van der Waals surface area contributed by atoms with Gasteiger partial charge >= 0.3 is 5.97 Å². The largest absolute Gasteiger partial charge is 0.481 e. The predicted octanol–water partition coefficient (Wildman–Crippen LogP) is 2.75. The van der Waals surface area contributed by atoms with Gasteiger partial charge in [-0.1, -0.05) is 40.5 Å². The molecule has 0 aliphatic heterocycles. The van der Waals surface area contributed by atoms with Gasteiger partial charge in [0.1, 0.15) is 0 Å². The lowest BCUT2D eigenvalue weighted by atomic mass is 9.59. The first-order valence-corrected chi connectivity index (χ1v) is 6.59. The second-order valence-corrected chi connectivity index (χ2v) is 5.48. The lowest BCUT2D eigenvalue weighted by molar-refractivity contribution is -0.156. The number of hydrogen-bond acceptors (Lipinski definition) is 2. The molecule has 0 amide bonds. The van der Waals surface area contributed by atoms with Crippen LogP contribution in [0.5, 0.6) is 0 Å². The molecule has 3 nitrogen and oxygen atoms in total. The van der Waals surface area contributed by atoms with E-state index in [1.54, 1.807) is 0 Å². The van der Waals surface area contributed by atoms with Gasteiger partial charge in [-0.3, -0.25) is 4.79 Å². The normalized spacial score (nSPS) is 19.4.